The van der Waals surface area contributed by atoms with Crippen molar-refractivity contribution in [2.75, 3.05) is 6.54 Å². The fourth-order valence-corrected chi connectivity index (χ4v) is 2.33. The first-order valence-corrected chi connectivity index (χ1v) is 6.22. The maximum atomic E-state index is 12.0. The Morgan fingerprint density at radius 1 is 1.33 bits per heavy atom. The molecule has 2 rings (SSSR count). The number of nitrogens with zero attached hydrogens (tertiary/aromatic N) is 1. The molecule has 1 aromatic carbocycles. The highest BCUT2D eigenvalue weighted by molar-refractivity contribution is 6.30. The van der Waals surface area contributed by atoms with Crippen molar-refractivity contribution in [3.8, 4) is 0 Å². The minimum atomic E-state index is -0.919. The highest BCUT2D eigenvalue weighted by atomic mass is 35.5. The third-order valence-electron chi connectivity index (χ3n) is 3.13. The fourth-order valence-electron chi connectivity index (χ4n) is 2.20. The van der Waals surface area contributed by atoms with Crippen molar-refractivity contribution in [2.45, 2.75) is 25.3 Å². The van der Waals surface area contributed by atoms with Crippen LogP contribution in [0.1, 0.15) is 18.4 Å². The molecular formula is C13H14ClNO3. The monoisotopic (exact) mass is 267 g/mol. The molecule has 0 aliphatic carbocycles. The van der Waals surface area contributed by atoms with Crippen molar-refractivity contribution in [1.82, 2.24) is 4.90 Å². The van der Waals surface area contributed by atoms with Crippen molar-refractivity contribution in [2.24, 2.45) is 0 Å². The first kappa shape index (κ1) is 12.9. The van der Waals surface area contributed by atoms with E-state index in [9.17, 15) is 9.59 Å². The van der Waals surface area contributed by atoms with Gasteiger partial charge in [-0.25, -0.2) is 4.79 Å². The van der Waals surface area contributed by atoms with Crippen molar-refractivity contribution in [3.63, 3.8) is 0 Å². The minimum absolute atomic E-state index is 0.137. The maximum absolute atomic E-state index is 12.0. The normalized spacial score (nSPS) is 18.9. The number of carbonyl (C=O) groups is 2. The Morgan fingerprint density at radius 3 is 2.61 bits per heavy atom. The molecule has 1 aliphatic rings. The number of halogens is 1. The number of hydrogen-bond acceptors (Lipinski definition) is 2. The summed E-state index contributed by atoms with van der Waals surface area (Å²) in [7, 11) is 0. The van der Waals surface area contributed by atoms with Gasteiger partial charge in [-0.2, -0.15) is 0 Å². The molecule has 18 heavy (non-hydrogen) atoms. The van der Waals surface area contributed by atoms with Crippen LogP contribution in [0, 0.1) is 0 Å². The highest BCUT2D eigenvalue weighted by Gasteiger charge is 2.33. The quantitative estimate of drug-likeness (QED) is 0.911. The Hall–Kier alpha value is -1.55. The van der Waals surface area contributed by atoms with Crippen molar-refractivity contribution in [3.05, 3.63) is 34.9 Å². The summed E-state index contributed by atoms with van der Waals surface area (Å²) in [5, 5.41) is 9.64. The third-order valence-corrected chi connectivity index (χ3v) is 3.38. The standard InChI is InChI=1S/C13H14ClNO3/c14-10-5-3-9(4-6-10)8-12(16)15-7-1-2-11(15)13(17)18/h3-6,11H,1-2,7-8H2,(H,17,18). The molecule has 0 bridgehead atoms. The second-order valence-electron chi connectivity index (χ2n) is 4.39. The van der Waals surface area contributed by atoms with Crippen LogP contribution in [0.5, 0.6) is 0 Å². The van der Waals surface area contributed by atoms with Crippen LogP contribution in [0.25, 0.3) is 0 Å². The second-order valence-corrected chi connectivity index (χ2v) is 4.82. The zero-order valence-electron chi connectivity index (χ0n) is 9.80. The lowest BCUT2D eigenvalue weighted by Gasteiger charge is -2.21. The van der Waals surface area contributed by atoms with Gasteiger partial charge in [-0.1, -0.05) is 23.7 Å². The van der Waals surface area contributed by atoms with Crippen molar-refractivity contribution in [1.29, 1.82) is 0 Å². The average Bonchev–Trinajstić information content (AvgIpc) is 2.81. The second kappa shape index (κ2) is 5.40. The lowest BCUT2D eigenvalue weighted by molar-refractivity contribution is -0.148. The molecule has 96 valence electrons. The van der Waals surface area contributed by atoms with Crippen LogP contribution in [0.2, 0.25) is 5.02 Å². The average molecular weight is 268 g/mol. The molecule has 5 heteroatoms. The molecule has 1 saturated heterocycles. The summed E-state index contributed by atoms with van der Waals surface area (Å²) in [5.41, 5.74) is 0.848. The molecule has 1 aliphatic heterocycles. The lowest BCUT2D eigenvalue weighted by Crippen LogP contribution is -2.41. The first-order valence-electron chi connectivity index (χ1n) is 5.84. The number of hydrogen-bond donors (Lipinski definition) is 1. The van der Waals surface area contributed by atoms with E-state index in [1.807, 2.05) is 0 Å². The van der Waals surface area contributed by atoms with Crippen LogP contribution >= 0.6 is 11.6 Å². The van der Waals surface area contributed by atoms with E-state index in [4.69, 9.17) is 16.7 Å². The summed E-state index contributed by atoms with van der Waals surface area (Å²) >= 11 is 5.77. The first-order chi connectivity index (χ1) is 8.58. The van der Waals surface area contributed by atoms with Gasteiger partial charge in [0.1, 0.15) is 6.04 Å². The van der Waals surface area contributed by atoms with Crippen LogP contribution in [0.3, 0.4) is 0 Å². The van der Waals surface area contributed by atoms with Gasteiger partial charge in [0.15, 0.2) is 0 Å². The van der Waals surface area contributed by atoms with Crippen LogP contribution < -0.4 is 0 Å². The van der Waals surface area contributed by atoms with E-state index >= 15 is 0 Å². The van der Waals surface area contributed by atoms with E-state index in [1.165, 1.54) is 4.90 Å². The van der Waals surface area contributed by atoms with Gasteiger partial charge in [-0.15, -0.1) is 0 Å². The summed E-state index contributed by atoms with van der Waals surface area (Å²) in [4.78, 5) is 24.5. The van der Waals surface area contributed by atoms with E-state index in [2.05, 4.69) is 0 Å². The van der Waals surface area contributed by atoms with E-state index in [0.29, 0.717) is 18.0 Å². The number of aliphatic carboxylic acids is 1. The Kier molecular flexibility index (Phi) is 3.87. The molecule has 4 nitrogen and oxygen atoms in total. The molecule has 0 aromatic heterocycles. The zero-order chi connectivity index (χ0) is 13.1. The van der Waals surface area contributed by atoms with Gasteiger partial charge in [-0.05, 0) is 30.5 Å². The molecule has 1 heterocycles. The molecular weight excluding hydrogens is 254 g/mol. The number of carbonyl (C=O) groups excluding carboxylic acids is 1. The molecule has 1 N–H and O–H groups in total. The molecule has 0 radical (unpaired) electrons. The maximum Gasteiger partial charge on any atom is 0.326 e. The largest absolute Gasteiger partial charge is 0.480 e. The molecule has 1 amide bonds. The van der Waals surface area contributed by atoms with Gasteiger partial charge in [-0.3, -0.25) is 4.79 Å². The van der Waals surface area contributed by atoms with Gasteiger partial charge in [0, 0.05) is 11.6 Å². The number of carboxylic acid groups (broad SMARTS) is 1. The van der Waals surface area contributed by atoms with E-state index in [-0.39, 0.29) is 12.3 Å². The van der Waals surface area contributed by atoms with Crippen LogP contribution in [-0.2, 0) is 16.0 Å². The molecule has 0 spiro atoms. The number of rotatable bonds is 3. The molecule has 1 aromatic rings. The Bertz CT molecular complexity index is 458. The Balaban J connectivity index is 2.03. The van der Waals surface area contributed by atoms with Crippen LogP contribution in [-0.4, -0.2) is 34.5 Å². The van der Waals surface area contributed by atoms with Crippen LogP contribution in [0.4, 0.5) is 0 Å². The predicted octanol–water partition coefficient (Wildman–Crippen LogP) is 1.96. The Labute approximate surface area is 110 Å². The number of amides is 1. The zero-order valence-corrected chi connectivity index (χ0v) is 10.6. The topological polar surface area (TPSA) is 57.6 Å². The highest BCUT2D eigenvalue weighted by Crippen LogP contribution is 2.19. The molecule has 1 fully saturated rings. The van der Waals surface area contributed by atoms with Gasteiger partial charge in [0.05, 0.1) is 6.42 Å². The summed E-state index contributed by atoms with van der Waals surface area (Å²) in [6, 6.07) is 6.36. The fraction of sp³-hybridized carbons (Fsp3) is 0.385. The summed E-state index contributed by atoms with van der Waals surface area (Å²) in [6.07, 6.45) is 1.52. The van der Waals surface area contributed by atoms with Gasteiger partial charge < -0.3 is 10.0 Å². The summed E-state index contributed by atoms with van der Waals surface area (Å²) < 4.78 is 0. The Morgan fingerprint density at radius 2 is 2.00 bits per heavy atom. The van der Waals surface area contributed by atoms with Crippen LogP contribution in [0.15, 0.2) is 24.3 Å². The molecule has 1 unspecified atom stereocenters. The summed E-state index contributed by atoms with van der Waals surface area (Å²) in [6.45, 7) is 0.531. The van der Waals surface area contributed by atoms with Gasteiger partial charge >= 0.3 is 5.97 Å². The van der Waals surface area contributed by atoms with E-state index in [0.717, 1.165) is 12.0 Å². The molecule has 0 saturated carbocycles. The van der Waals surface area contributed by atoms with E-state index in [1.54, 1.807) is 24.3 Å². The summed E-state index contributed by atoms with van der Waals surface area (Å²) in [5.74, 6) is -1.06. The smallest absolute Gasteiger partial charge is 0.326 e. The number of carboxylic acids is 1. The predicted molar refractivity (Wildman–Crippen MR) is 67.5 cm³/mol. The number of benzene rings is 1. The van der Waals surface area contributed by atoms with Gasteiger partial charge in [0.2, 0.25) is 5.91 Å². The minimum Gasteiger partial charge on any atom is -0.480 e. The third kappa shape index (κ3) is 2.82. The van der Waals surface area contributed by atoms with Gasteiger partial charge in [0.25, 0.3) is 0 Å². The van der Waals surface area contributed by atoms with Crippen molar-refractivity contribution >= 4 is 23.5 Å². The van der Waals surface area contributed by atoms with E-state index < -0.39 is 12.0 Å². The lowest BCUT2D eigenvalue weighted by atomic mass is 10.1. The van der Waals surface area contributed by atoms with Crippen molar-refractivity contribution < 1.29 is 14.7 Å². The number of likely N-dealkylation sites (tertiary alicyclic amines) is 1. The SMILES string of the molecule is O=C(O)C1CCCN1C(=O)Cc1ccc(Cl)cc1. The molecule has 1 atom stereocenters.